The Labute approximate surface area is 286 Å². The second-order valence-electron chi connectivity index (χ2n) is 15.7. The molecule has 1 saturated heterocycles. The van der Waals surface area contributed by atoms with Crippen LogP contribution in [0, 0.1) is 28.6 Å². The Hall–Kier alpha value is -3.83. The molecule has 10 nitrogen and oxygen atoms in total. The van der Waals surface area contributed by atoms with Crippen LogP contribution in [0.1, 0.15) is 85.0 Å². The molecule has 6 rings (SSSR count). The van der Waals surface area contributed by atoms with Gasteiger partial charge >= 0.3 is 5.97 Å². The van der Waals surface area contributed by atoms with Crippen LogP contribution in [-0.4, -0.2) is 76.6 Å². The van der Waals surface area contributed by atoms with E-state index in [0.29, 0.717) is 12.5 Å². The number of esters is 1. The summed E-state index contributed by atoms with van der Waals surface area (Å²) >= 11 is 0. The van der Waals surface area contributed by atoms with Crippen molar-refractivity contribution < 1.29 is 32.7 Å². The molecule has 12 heteroatoms. The van der Waals surface area contributed by atoms with Crippen LogP contribution in [0.3, 0.4) is 0 Å². The molecule has 0 bridgehead atoms. The number of alkyl halides is 2. The maximum Gasteiger partial charge on any atom is 0.306 e. The Kier molecular flexibility index (Phi) is 10.1. The van der Waals surface area contributed by atoms with E-state index in [2.05, 4.69) is 10.4 Å². The van der Waals surface area contributed by atoms with Gasteiger partial charge in [0.1, 0.15) is 12.1 Å². The fourth-order valence-electron chi connectivity index (χ4n) is 7.59. The predicted octanol–water partition coefficient (Wildman–Crippen LogP) is 5.53. The number of amides is 2. The summed E-state index contributed by atoms with van der Waals surface area (Å²) in [5.41, 5.74) is -0.193. The summed E-state index contributed by atoms with van der Waals surface area (Å²) in [5, 5.41) is 7.21. The second kappa shape index (κ2) is 14.2. The SMILES string of the molecule is CC(C)(C)[C@H](CC(=O)OC1CCCC1)C(=O)N1CN(c2ccc(-n3cccn3)cc2)C[C@H]1C(=O)C[C@]1(C(=O)NCC2CC2)C[C@H]1CC(F)F. The molecule has 266 valence electrons. The molecule has 1 N–H and O–H groups in total. The molecule has 1 aliphatic heterocycles. The van der Waals surface area contributed by atoms with Gasteiger partial charge in [-0.25, -0.2) is 13.5 Å². The van der Waals surface area contributed by atoms with Crippen LogP contribution < -0.4 is 10.2 Å². The summed E-state index contributed by atoms with van der Waals surface area (Å²) in [6.45, 7) is 6.45. The quantitative estimate of drug-likeness (QED) is 0.261. The molecular formula is C37H49F2N5O5. The number of benzene rings is 1. The van der Waals surface area contributed by atoms with Crippen molar-refractivity contribution in [1.29, 1.82) is 0 Å². The minimum absolute atomic E-state index is 0.0992. The molecule has 1 aromatic heterocycles. The first kappa shape index (κ1) is 35.0. The lowest BCUT2D eigenvalue weighted by molar-refractivity contribution is -0.156. The van der Waals surface area contributed by atoms with E-state index in [0.717, 1.165) is 49.9 Å². The third kappa shape index (κ3) is 8.15. The zero-order chi connectivity index (χ0) is 34.9. The predicted molar refractivity (Wildman–Crippen MR) is 179 cm³/mol. The summed E-state index contributed by atoms with van der Waals surface area (Å²) in [5.74, 6) is -2.40. The molecule has 2 amide bonds. The topological polar surface area (TPSA) is 114 Å². The first-order valence-electron chi connectivity index (χ1n) is 17.8. The van der Waals surface area contributed by atoms with E-state index in [4.69, 9.17) is 4.74 Å². The third-order valence-electron chi connectivity index (χ3n) is 10.9. The average Bonchev–Trinajstić information content (AvgIpc) is 3.69. The summed E-state index contributed by atoms with van der Waals surface area (Å²) in [6.07, 6.45) is 5.95. The van der Waals surface area contributed by atoms with E-state index >= 15 is 0 Å². The lowest BCUT2D eigenvalue weighted by Gasteiger charge is -2.34. The number of carbonyl (C=O) groups excluding carboxylic acids is 4. The highest BCUT2D eigenvalue weighted by atomic mass is 19.3. The van der Waals surface area contributed by atoms with Crippen molar-refractivity contribution in [3.05, 3.63) is 42.7 Å². The molecule has 2 aromatic rings. The summed E-state index contributed by atoms with van der Waals surface area (Å²) in [7, 11) is 0. The number of hydrogen-bond acceptors (Lipinski definition) is 7. The van der Waals surface area contributed by atoms with E-state index in [1.165, 1.54) is 4.90 Å². The number of carbonyl (C=O) groups is 4. The second-order valence-corrected chi connectivity index (χ2v) is 15.7. The maximum atomic E-state index is 14.5. The highest BCUT2D eigenvalue weighted by molar-refractivity contribution is 5.97. The van der Waals surface area contributed by atoms with Crippen LogP contribution in [0.2, 0.25) is 0 Å². The first-order valence-corrected chi connectivity index (χ1v) is 17.8. The van der Waals surface area contributed by atoms with E-state index in [1.807, 2.05) is 62.2 Å². The average molecular weight is 682 g/mol. The van der Waals surface area contributed by atoms with Crippen LogP contribution >= 0.6 is 0 Å². The number of rotatable bonds is 14. The first-order chi connectivity index (χ1) is 23.3. The van der Waals surface area contributed by atoms with E-state index in [-0.39, 0.29) is 56.2 Å². The van der Waals surface area contributed by atoms with E-state index in [1.54, 1.807) is 10.9 Å². The molecular weight excluding hydrogens is 632 g/mol. The fourth-order valence-corrected chi connectivity index (χ4v) is 7.59. The van der Waals surface area contributed by atoms with Crippen molar-refractivity contribution in [3.8, 4) is 5.69 Å². The van der Waals surface area contributed by atoms with Gasteiger partial charge < -0.3 is 19.9 Å². The standard InChI is InChI=1S/C37H49F2N5O5/c1-36(2,3)29(18-33(46)49-28-7-4-5-8-28)34(47)43-23-42(26-11-13-27(14-12-26)44-16-6-15-41-44)22-30(43)31(45)20-37(19-25(37)17-32(38)39)35(48)40-21-24-9-10-24/h6,11-16,24-25,28-30,32H,4-5,7-10,17-23H2,1-3H3,(H,40,48)/t25-,29-,30+,37-/m1/s1. The van der Waals surface area contributed by atoms with Gasteiger partial charge in [-0.15, -0.1) is 0 Å². The van der Waals surface area contributed by atoms with Crippen LogP contribution in [0.5, 0.6) is 0 Å². The zero-order valence-corrected chi connectivity index (χ0v) is 28.8. The number of ketones is 1. The fraction of sp³-hybridized carbons (Fsp3) is 0.649. The third-order valence-corrected chi connectivity index (χ3v) is 10.9. The normalized spacial score (nSPS) is 24.7. The summed E-state index contributed by atoms with van der Waals surface area (Å²) in [6, 6.07) is 8.51. The van der Waals surface area contributed by atoms with Gasteiger partial charge in [-0.05, 0) is 92.5 Å². The number of nitrogens with one attached hydrogen (secondary N) is 1. The number of aromatic nitrogens is 2. The van der Waals surface area contributed by atoms with E-state index < -0.39 is 47.5 Å². The van der Waals surface area contributed by atoms with Gasteiger partial charge in [-0.3, -0.25) is 19.2 Å². The highest BCUT2D eigenvalue weighted by Gasteiger charge is 2.62. The molecule has 49 heavy (non-hydrogen) atoms. The highest BCUT2D eigenvalue weighted by Crippen LogP contribution is 2.58. The number of nitrogens with zero attached hydrogens (tertiary/aromatic N) is 4. The number of anilines is 1. The number of Topliss-reactive ketones (excluding diaryl/α,β-unsaturated/α-hetero) is 1. The maximum absolute atomic E-state index is 14.5. The minimum Gasteiger partial charge on any atom is -0.462 e. The van der Waals surface area contributed by atoms with Crippen molar-refractivity contribution in [2.24, 2.45) is 28.6 Å². The van der Waals surface area contributed by atoms with Gasteiger partial charge in [0.25, 0.3) is 0 Å². The molecule has 3 aliphatic carbocycles. The molecule has 1 aromatic carbocycles. The molecule has 4 atom stereocenters. The Morgan fingerprint density at radius 3 is 2.35 bits per heavy atom. The monoisotopic (exact) mass is 681 g/mol. The molecule has 2 heterocycles. The zero-order valence-electron chi connectivity index (χ0n) is 28.8. The van der Waals surface area contributed by atoms with Gasteiger partial charge in [0.15, 0.2) is 5.78 Å². The lowest BCUT2D eigenvalue weighted by Crippen LogP contribution is -2.49. The molecule has 0 unspecified atom stereocenters. The minimum atomic E-state index is -2.58. The Morgan fingerprint density at radius 1 is 1.04 bits per heavy atom. The number of hydrogen-bond donors (Lipinski definition) is 1. The molecule has 4 fully saturated rings. The van der Waals surface area contributed by atoms with Crippen LogP contribution in [0.4, 0.5) is 14.5 Å². The summed E-state index contributed by atoms with van der Waals surface area (Å²) in [4.78, 5) is 58.9. The van der Waals surface area contributed by atoms with Gasteiger partial charge in [0, 0.05) is 44.0 Å². The molecule has 3 saturated carbocycles. The largest absolute Gasteiger partial charge is 0.462 e. The number of ether oxygens (including phenoxy) is 1. The van der Waals surface area contributed by atoms with E-state index in [9.17, 15) is 28.0 Å². The smallest absolute Gasteiger partial charge is 0.306 e. The van der Waals surface area contributed by atoms with Crippen molar-refractivity contribution in [3.63, 3.8) is 0 Å². The van der Waals surface area contributed by atoms with Crippen molar-refractivity contribution in [1.82, 2.24) is 20.0 Å². The molecule has 0 radical (unpaired) electrons. The lowest BCUT2D eigenvalue weighted by atomic mass is 9.77. The van der Waals surface area contributed by atoms with Gasteiger partial charge in [-0.1, -0.05) is 20.8 Å². The Morgan fingerprint density at radius 2 is 1.73 bits per heavy atom. The van der Waals surface area contributed by atoms with Gasteiger partial charge in [0.2, 0.25) is 18.2 Å². The van der Waals surface area contributed by atoms with Crippen LogP contribution in [0.15, 0.2) is 42.7 Å². The molecule has 0 spiro atoms. The van der Waals surface area contributed by atoms with Gasteiger partial charge in [0.05, 0.1) is 30.1 Å². The van der Waals surface area contributed by atoms with Crippen LogP contribution in [0.25, 0.3) is 5.69 Å². The molecule has 4 aliphatic rings. The van der Waals surface area contributed by atoms with Gasteiger partial charge in [-0.2, -0.15) is 5.10 Å². The Balaban J connectivity index is 1.25. The number of halogens is 2. The Bertz CT molecular complexity index is 1500. The van der Waals surface area contributed by atoms with Crippen molar-refractivity contribution in [2.45, 2.75) is 104 Å². The van der Waals surface area contributed by atoms with Crippen molar-refractivity contribution in [2.75, 3.05) is 24.7 Å². The van der Waals surface area contributed by atoms with Crippen molar-refractivity contribution >= 4 is 29.3 Å². The summed E-state index contributed by atoms with van der Waals surface area (Å²) < 4.78 is 34.5. The van der Waals surface area contributed by atoms with Crippen LogP contribution in [-0.2, 0) is 23.9 Å².